The van der Waals surface area contributed by atoms with Gasteiger partial charge in [0, 0.05) is 14.1 Å². The van der Waals surface area contributed by atoms with Gasteiger partial charge in [-0.3, -0.25) is 4.79 Å². The smallest absolute Gasteiger partial charge is 0.318 e. The van der Waals surface area contributed by atoms with Gasteiger partial charge in [0.1, 0.15) is 6.54 Å². The van der Waals surface area contributed by atoms with Crippen molar-refractivity contribution in [1.82, 2.24) is 15.5 Å². The third-order valence-corrected chi connectivity index (χ3v) is 1.81. The molecule has 1 atom stereocenters. The maximum absolute atomic E-state index is 11.1. The average molecular weight is 213 g/mol. The molecule has 7 heteroatoms. The first-order valence-electron chi connectivity index (χ1n) is 4.55. The van der Waals surface area contributed by atoms with Crippen molar-refractivity contribution in [1.29, 1.82) is 0 Å². The van der Waals surface area contributed by atoms with Gasteiger partial charge in [0.05, 0.1) is 6.04 Å². The van der Waals surface area contributed by atoms with E-state index in [9.17, 15) is 4.79 Å². The Labute approximate surface area is 87.6 Å². The molecule has 15 heavy (non-hydrogen) atoms. The highest BCUT2D eigenvalue weighted by Gasteiger charge is 2.14. The zero-order valence-corrected chi connectivity index (χ0v) is 9.02. The summed E-state index contributed by atoms with van der Waals surface area (Å²) >= 11 is 0. The fourth-order valence-corrected chi connectivity index (χ4v) is 0.927. The fraction of sp³-hybridized carbons (Fsp3) is 0.625. The molecule has 0 spiro atoms. The van der Waals surface area contributed by atoms with Crippen molar-refractivity contribution in [2.24, 2.45) is 5.73 Å². The minimum Gasteiger partial charge on any atom is -0.406 e. The second-order valence-corrected chi connectivity index (χ2v) is 3.24. The molecule has 0 bridgehead atoms. The van der Waals surface area contributed by atoms with Crippen LogP contribution in [0.2, 0.25) is 0 Å². The van der Waals surface area contributed by atoms with Crippen LogP contribution in [0, 0.1) is 0 Å². The van der Waals surface area contributed by atoms with E-state index in [-0.39, 0.29) is 24.5 Å². The lowest BCUT2D eigenvalue weighted by molar-refractivity contribution is -0.119. The first-order chi connectivity index (χ1) is 7.04. The van der Waals surface area contributed by atoms with E-state index in [0.717, 1.165) is 0 Å². The van der Waals surface area contributed by atoms with Gasteiger partial charge < -0.3 is 20.4 Å². The monoisotopic (exact) mass is 213 g/mol. The molecule has 3 N–H and O–H groups in total. The van der Waals surface area contributed by atoms with Crippen molar-refractivity contribution in [3.8, 4) is 0 Å². The minimum absolute atomic E-state index is 0.127. The molecule has 1 unspecified atom stereocenters. The summed E-state index contributed by atoms with van der Waals surface area (Å²) in [5, 5.41) is 10.0. The van der Waals surface area contributed by atoms with E-state index in [0.29, 0.717) is 5.89 Å². The standard InChI is InChI=1S/C8H15N5O2/c1-5(9)7-11-12-8(15-7)13(3)4-6(14)10-2/h5H,4,9H2,1-3H3,(H,10,14). The molecule has 0 saturated heterocycles. The minimum atomic E-state index is -0.306. The molecule has 1 aromatic rings. The first-order valence-corrected chi connectivity index (χ1v) is 4.55. The lowest BCUT2D eigenvalue weighted by Crippen LogP contribution is -2.33. The van der Waals surface area contributed by atoms with Crippen LogP contribution in [0.15, 0.2) is 4.42 Å². The van der Waals surface area contributed by atoms with Gasteiger partial charge in [0.2, 0.25) is 11.8 Å². The Hall–Kier alpha value is -1.63. The highest BCUT2D eigenvalue weighted by molar-refractivity contribution is 5.80. The molecule has 7 nitrogen and oxygen atoms in total. The Morgan fingerprint density at radius 1 is 1.67 bits per heavy atom. The van der Waals surface area contributed by atoms with Gasteiger partial charge in [-0.05, 0) is 6.92 Å². The first kappa shape index (κ1) is 11.4. The molecule has 0 fully saturated rings. The van der Waals surface area contributed by atoms with Gasteiger partial charge in [0.15, 0.2) is 0 Å². The Kier molecular flexibility index (Phi) is 3.62. The summed E-state index contributed by atoms with van der Waals surface area (Å²) < 4.78 is 5.25. The summed E-state index contributed by atoms with van der Waals surface area (Å²) in [6.07, 6.45) is 0. The summed E-state index contributed by atoms with van der Waals surface area (Å²) in [7, 11) is 3.26. The van der Waals surface area contributed by atoms with Gasteiger partial charge >= 0.3 is 6.01 Å². The molecule has 84 valence electrons. The average Bonchev–Trinajstić information content (AvgIpc) is 2.66. The number of hydrogen-bond donors (Lipinski definition) is 2. The zero-order chi connectivity index (χ0) is 11.4. The summed E-state index contributed by atoms with van der Waals surface area (Å²) in [5.74, 6) is 0.229. The molecule has 1 aromatic heterocycles. The van der Waals surface area contributed by atoms with E-state index >= 15 is 0 Å². The number of amides is 1. The van der Waals surface area contributed by atoms with Crippen LogP contribution < -0.4 is 16.0 Å². The summed E-state index contributed by atoms with van der Waals surface area (Å²) in [5.41, 5.74) is 5.56. The predicted octanol–water partition coefficient (Wildman–Crippen LogP) is -0.728. The Morgan fingerprint density at radius 3 is 2.80 bits per heavy atom. The normalized spacial score (nSPS) is 12.3. The molecule has 1 amide bonds. The molecule has 0 aliphatic heterocycles. The lowest BCUT2D eigenvalue weighted by Gasteiger charge is -2.11. The summed E-state index contributed by atoms with van der Waals surface area (Å²) in [4.78, 5) is 12.6. The molecule has 0 saturated carbocycles. The fourth-order valence-electron chi connectivity index (χ4n) is 0.927. The van der Waals surface area contributed by atoms with Crippen LogP contribution in [0.1, 0.15) is 18.9 Å². The van der Waals surface area contributed by atoms with Gasteiger partial charge in [-0.15, -0.1) is 5.10 Å². The highest BCUT2D eigenvalue weighted by atomic mass is 16.4. The van der Waals surface area contributed by atoms with Crippen LogP contribution in [0.3, 0.4) is 0 Å². The number of nitrogens with one attached hydrogen (secondary N) is 1. The number of likely N-dealkylation sites (N-methyl/N-ethyl adjacent to an activating group) is 2. The number of aromatic nitrogens is 2. The third kappa shape index (κ3) is 2.91. The van der Waals surface area contributed by atoms with E-state index in [1.54, 1.807) is 25.9 Å². The third-order valence-electron chi connectivity index (χ3n) is 1.81. The van der Waals surface area contributed by atoms with Gasteiger partial charge in [-0.2, -0.15) is 0 Å². The number of anilines is 1. The van der Waals surface area contributed by atoms with E-state index in [2.05, 4.69) is 15.5 Å². The van der Waals surface area contributed by atoms with Crippen molar-refractivity contribution in [2.75, 3.05) is 25.5 Å². The molecule has 1 heterocycles. The number of nitrogens with two attached hydrogens (primary N) is 1. The zero-order valence-electron chi connectivity index (χ0n) is 9.02. The topological polar surface area (TPSA) is 97.3 Å². The molecule has 0 aromatic carbocycles. The number of nitrogens with zero attached hydrogens (tertiary/aromatic N) is 3. The number of carbonyl (C=O) groups excluding carboxylic acids is 1. The van der Waals surface area contributed by atoms with Crippen molar-refractivity contribution in [2.45, 2.75) is 13.0 Å². The maximum atomic E-state index is 11.1. The molecular formula is C8H15N5O2. The number of hydrogen-bond acceptors (Lipinski definition) is 6. The SMILES string of the molecule is CNC(=O)CN(C)c1nnc(C(C)N)o1. The van der Waals surface area contributed by atoms with Crippen molar-refractivity contribution in [3.63, 3.8) is 0 Å². The van der Waals surface area contributed by atoms with Crippen LogP contribution >= 0.6 is 0 Å². The van der Waals surface area contributed by atoms with Crippen LogP contribution in [0.25, 0.3) is 0 Å². The van der Waals surface area contributed by atoms with E-state index in [4.69, 9.17) is 10.2 Å². The number of carbonyl (C=O) groups is 1. The van der Waals surface area contributed by atoms with E-state index in [1.807, 2.05) is 0 Å². The highest BCUT2D eigenvalue weighted by Crippen LogP contribution is 2.13. The van der Waals surface area contributed by atoms with Gasteiger partial charge in [-0.1, -0.05) is 5.10 Å². The second-order valence-electron chi connectivity index (χ2n) is 3.24. The molecule has 0 radical (unpaired) electrons. The van der Waals surface area contributed by atoms with E-state index < -0.39 is 0 Å². The Morgan fingerprint density at radius 2 is 2.33 bits per heavy atom. The van der Waals surface area contributed by atoms with Crippen LogP contribution in [-0.4, -0.2) is 36.7 Å². The quantitative estimate of drug-likeness (QED) is 0.684. The molecule has 0 aliphatic rings. The van der Waals surface area contributed by atoms with Crippen LogP contribution in [0.5, 0.6) is 0 Å². The van der Waals surface area contributed by atoms with Crippen molar-refractivity contribution >= 4 is 11.9 Å². The lowest BCUT2D eigenvalue weighted by atomic mass is 10.4. The Bertz CT molecular complexity index is 336. The van der Waals surface area contributed by atoms with E-state index in [1.165, 1.54) is 0 Å². The van der Waals surface area contributed by atoms with Crippen LogP contribution in [-0.2, 0) is 4.79 Å². The maximum Gasteiger partial charge on any atom is 0.318 e. The van der Waals surface area contributed by atoms with Crippen molar-refractivity contribution < 1.29 is 9.21 Å². The number of rotatable bonds is 4. The van der Waals surface area contributed by atoms with Gasteiger partial charge in [0.25, 0.3) is 0 Å². The summed E-state index contributed by atoms with van der Waals surface area (Å²) in [6.45, 7) is 1.91. The largest absolute Gasteiger partial charge is 0.406 e. The van der Waals surface area contributed by atoms with Gasteiger partial charge in [-0.25, -0.2) is 0 Å². The van der Waals surface area contributed by atoms with Crippen LogP contribution in [0.4, 0.5) is 6.01 Å². The molecule has 0 aliphatic carbocycles. The Balaban J connectivity index is 2.65. The second kappa shape index (κ2) is 4.74. The predicted molar refractivity (Wildman–Crippen MR) is 54.2 cm³/mol. The summed E-state index contributed by atoms with van der Waals surface area (Å²) in [6, 6.07) is -0.0226. The molecular weight excluding hydrogens is 198 g/mol. The van der Waals surface area contributed by atoms with Crippen molar-refractivity contribution in [3.05, 3.63) is 5.89 Å². The molecule has 1 rings (SSSR count).